The van der Waals surface area contributed by atoms with E-state index in [1.54, 1.807) is 21.9 Å². The Hall–Kier alpha value is -3.56. The van der Waals surface area contributed by atoms with Crippen LogP contribution in [0.3, 0.4) is 0 Å². The average Bonchev–Trinajstić information content (AvgIpc) is 3.45. The number of para-hydroxylation sites is 1. The highest BCUT2D eigenvalue weighted by atomic mass is 35.5. The first-order chi connectivity index (χ1) is 19.5. The van der Waals surface area contributed by atoms with E-state index < -0.39 is 23.6 Å². The third-order valence-electron chi connectivity index (χ3n) is 6.66. The van der Waals surface area contributed by atoms with E-state index in [9.17, 15) is 14.4 Å². The molecule has 1 aromatic heterocycles. The number of carbonyl (C=O) groups is 3. The minimum Gasteiger partial charge on any atom is -0.457 e. The molecule has 0 radical (unpaired) electrons. The fourth-order valence-electron chi connectivity index (χ4n) is 4.80. The van der Waals surface area contributed by atoms with Gasteiger partial charge in [-0.25, -0.2) is 4.79 Å². The van der Waals surface area contributed by atoms with Crippen molar-refractivity contribution in [2.75, 3.05) is 30.4 Å². The van der Waals surface area contributed by atoms with Crippen molar-refractivity contribution in [1.29, 1.82) is 0 Å². The van der Waals surface area contributed by atoms with Crippen LogP contribution in [-0.4, -0.2) is 64.9 Å². The molecule has 0 N–H and O–H groups in total. The number of hydrogen-bond acceptors (Lipinski definition) is 6. The summed E-state index contributed by atoms with van der Waals surface area (Å²) in [4.78, 5) is 46.0. The summed E-state index contributed by atoms with van der Waals surface area (Å²) in [6.07, 6.45) is -0.403. The molecular formula is C31H36ClN3O5S. The highest BCUT2D eigenvalue weighted by Crippen LogP contribution is 2.36. The van der Waals surface area contributed by atoms with E-state index in [0.717, 1.165) is 10.4 Å². The second kappa shape index (κ2) is 13.0. The summed E-state index contributed by atoms with van der Waals surface area (Å²) in [7, 11) is 0. The lowest BCUT2D eigenvalue weighted by atomic mass is 10.1. The van der Waals surface area contributed by atoms with Crippen molar-refractivity contribution >= 4 is 46.5 Å². The molecular weight excluding hydrogens is 562 g/mol. The number of piperazine rings is 1. The Kier molecular flexibility index (Phi) is 9.60. The largest absolute Gasteiger partial charge is 0.457 e. The second-order valence-electron chi connectivity index (χ2n) is 11.0. The number of anilines is 1. The molecule has 1 saturated heterocycles. The highest BCUT2D eigenvalue weighted by molar-refractivity contribution is 7.10. The third kappa shape index (κ3) is 7.40. The summed E-state index contributed by atoms with van der Waals surface area (Å²) >= 11 is 7.52. The molecule has 2 aromatic carbocycles. The minimum absolute atomic E-state index is 0.231. The number of nitrogens with zero attached hydrogens (tertiary/aromatic N) is 3. The van der Waals surface area contributed by atoms with Crippen LogP contribution in [0.1, 0.15) is 44.2 Å². The van der Waals surface area contributed by atoms with E-state index >= 15 is 0 Å². The van der Waals surface area contributed by atoms with Crippen molar-refractivity contribution in [3.05, 3.63) is 76.5 Å². The maximum atomic E-state index is 14.2. The quantitative estimate of drug-likeness (QED) is 0.286. The monoisotopic (exact) mass is 597 g/mol. The zero-order valence-electron chi connectivity index (χ0n) is 24.0. The van der Waals surface area contributed by atoms with Gasteiger partial charge in [0.2, 0.25) is 5.91 Å². The highest BCUT2D eigenvalue weighted by Gasteiger charge is 2.40. The predicted octanol–water partition coefficient (Wildman–Crippen LogP) is 6.63. The molecule has 8 nitrogen and oxygen atoms in total. The van der Waals surface area contributed by atoms with Crippen LogP contribution in [0.25, 0.3) is 0 Å². The molecule has 1 unspecified atom stereocenters. The molecule has 0 saturated carbocycles. The number of hydrogen-bond donors (Lipinski definition) is 0. The van der Waals surface area contributed by atoms with Crippen molar-refractivity contribution in [2.24, 2.45) is 0 Å². The van der Waals surface area contributed by atoms with Gasteiger partial charge in [0, 0.05) is 36.2 Å². The lowest BCUT2D eigenvalue weighted by Gasteiger charge is -2.42. The summed E-state index contributed by atoms with van der Waals surface area (Å²) in [5.41, 5.74) is 0.716. The number of thiophene rings is 1. The van der Waals surface area contributed by atoms with Gasteiger partial charge in [0.25, 0.3) is 5.91 Å². The Balaban J connectivity index is 1.63. The lowest BCUT2D eigenvalue weighted by Crippen LogP contribution is -2.58. The number of halogens is 1. The number of amides is 3. The molecule has 2 heterocycles. The van der Waals surface area contributed by atoms with E-state index in [1.165, 1.54) is 16.2 Å². The Bertz CT molecular complexity index is 1360. The van der Waals surface area contributed by atoms with Gasteiger partial charge in [0.05, 0.1) is 0 Å². The first-order valence-corrected chi connectivity index (χ1v) is 14.9. The summed E-state index contributed by atoms with van der Waals surface area (Å²) < 4.78 is 11.5. The number of ether oxygens (including phenoxy) is 2. The van der Waals surface area contributed by atoms with Crippen LogP contribution in [0.2, 0.25) is 0 Å². The van der Waals surface area contributed by atoms with E-state index in [1.807, 2.05) is 88.5 Å². The zero-order valence-corrected chi connectivity index (χ0v) is 25.6. The fraction of sp³-hybridized carbons (Fsp3) is 0.387. The van der Waals surface area contributed by atoms with Gasteiger partial charge in [-0.05, 0) is 82.0 Å². The molecule has 3 amide bonds. The van der Waals surface area contributed by atoms with Crippen LogP contribution in [0, 0.1) is 6.92 Å². The summed E-state index contributed by atoms with van der Waals surface area (Å²) in [5.74, 6) is 0.394. The van der Waals surface area contributed by atoms with E-state index in [4.69, 9.17) is 21.1 Å². The predicted molar refractivity (Wildman–Crippen MR) is 162 cm³/mol. The molecule has 0 spiro atoms. The van der Waals surface area contributed by atoms with Crippen molar-refractivity contribution < 1.29 is 23.9 Å². The number of benzene rings is 2. The fourth-order valence-corrected chi connectivity index (χ4v) is 5.73. The summed E-state index contributed by atoms with van der Waals surface area (Å²) in [6.45, 7) is 10.2. The van der Waals surface area contributed by atoms with Gasteiger partial charge in [0.1, 0.15) is 29.0 Å². The van der Waals surface area contributed by atoms with Crippen LogP contribution in [0.15, 0.2) is 66.0 Å². The summed E-state index contributed by atoms with van der Waals surface area (Å²) in [6, 6.07) is 17.4. The number of aryl methyl sites for hydroxylation is 1. The molecule has 3 aromatic rings. The van der Waals surface area contributed by atoms with Crippen LogP contribution >= 0.6 is 22.9 Å². The Morgan fingerprint density at radius 3 is 2.37 bits per heavy atom. The molecule has 218 valence electrons. The number of carbonyl (C=O) groups excluding carboxylic acids is 3. The third-order valence-corrected chi connectivity index (χ3v) is 7.82. The van der Waals surface area contributed by atoms with Gasteiger partial charge in [-0.15, -0.1) is 22.9 Å². The van der Waals surface area contributed by atoms with Crippen molar-refractivity contribution in [1.82, 2.24) is 9.80 Å². The smallest absolute Gasteiger partial charge is 0.410 e. The lowest BCUT2D eigenvalue weighted by molar-refractivity contribution is -0.137. The molecule has 41 heavy (non-hydrogen) atoms. The van der Waals surface area contributed by atoms with Gasteiger partial charge in [-0.3, -0.25) is 14.5 Å². The van der Waals surface area contributed by atoms with E-state index in [-0.39, 0.29) is 17.8 Å². The van der Waals surface area contributed by atoms with Gasteiger partial charge >= 0.3 is 6.09 Å². The van der Waals surface area contributed by atoms with Gasteiger partial charge in [-0.2, -0.15) is 0 Å². The minimum atomic E-state index is -0.916. The maximum absolute atomic E-state index is 14.2. The van der Waals surface area contributed by atoms with Crippen LogP contribution in [0.5, 0.6) is 11.5 Å². The molecule has 0 bridgehead atoms. The van der Waals surface area contributed by atoms with Crippen molar-refractivity contribution in [3.63, 3.8) is 0 Å². The SMILES string of the molecule is Cc1cc(Oc2ccccc2)ccc1N(C(=O)CCl)[C@H](C(=O)N1CCN(C(=O)OC(C)(C)C)C(C)C1)c1cccs1. The summed E-state index contributed by atoms with van der Waals surface area (Å²) in [5, 5.41) is 1.88. The molecule has 2 atom stereocenters. The Morgan fingerprint density at radius 1 is 1.05 bits per heavy atom. The Labute approximate surface area is 250 Å². The molecule has 10 heteroatoms. The molecule has 1 aliphatic rings. The number of rotatable bonds is 7. The van der Waals surface area contributed by atoms with Gasteiger partial charge in [-0.1, -0.05) is 24.3 Å². The van der Waals surface area contributed by atoms with Crippen LogP contribution < -0.4 is 9.64 Å². The number of alkyl halides is 1. The molecule has 0 aliphatic carbocycles. The van der Waals surface area contributed by atoms with Crippen molar-refractivity contribution in [2.45, 2.75) is 52.3 Å². The normalized spacial score (nSPS) is 16.2. The Morgan fingerprint density at radius 2 is 1.78 bits per heavy atom. The average molecular weight is 598 g/mol. The van der Waals surface area contributed by atoms with E-state index in [0.29, 0.717) is 36.8 Å². The van der Waals surface area contributed by atoms with Gasteiger partial charge < -0.3 is 19.3 Å². The van der Waals surface area contributed by atoms with Crippen LogP contribution in [0.4, 0.5) is 10.5 Å². The standard InChI is InChI=1S/C31H36ClN3O5S/c1-21-18-24(39-23-10-7-6-8-11-23)13-14-25(21)35(27(36)19-32)28(26-12-9-17-41-26)29(37)33-15-16-34(22(2)20-33)30(38)40-31(3,4)5/h6-14,17-18,22,28H,15-16,19-20H2,1-5H3/t22?,28-/m0/s1. The maximum Gasteiger partial charge on any atom is 0.410 e. The second-order valence-corrected chi connectivity index (χ2v) is 12.2. The van der Waals surface area contributed by atoms with E-state index in [2.05, 4.69) is 0 Å². The zero-order chi connectivity index (χ0) is 29.7. The first-order valence-electron chi connectivity index (χ1n) is 13.5. The first kappa shape index (κ1) is 30.4. The molecule has 1 aliphatic heterocycles. The molecule has 4 rings (SSSR count). The van der Waals surface area contributed by atoms with Gasteiger partial charge in [0.15, 0.2) is 0 Å². The molecule has 1 fully saturated rings. The topological polar surface area (TPSA) is 79.4 Å². The van der Waals surface area contributed by atoms with Crippen molar-refractivity contribution in [3.8, 4) is 11.5 Å². The van der Waals surface area contributed by atoms with Crippen LogP contribution in [-0.2, 0) is 14.3 Å².